The monoisotopic (exact) mass is 427 g/mol. The average Bonchev–Trinajstić information content (AvgIpc) is 2.54. The van der Waals surface area contributed by atoms with Crippen LogP contribution in [0.15, 0.2) is 4.99 Å². The van der Waals surface area contributed by atoms with E-state index in [0.29, 0.717) is 12.6 Å². The smallest absolute Gasteiger partial charge is 0.191 e. The van der Waals surface area contributed by atoms with Crippen LogP contribution in [-0.2, 0) is 4.74 Å². The first kappa shape index (κ1) is 21.9. The summed E-state index contributed by atoms with van der Waals surface area (Å²) in [5.41, 5.74) is 0. The Labute approximate surface area is 153 Å². The van der Waals surface area contributed by atoms with Crippen molar-refractivity contribution in [2.75, 3.05) is 66.1 Å². The maximum atomic E-state index is 5.31. The van der Waals surface area contributed by atoms with Gasteiger partial charge in [-0.15, -0.1) is 24.0 Å². The lowest BCUT2D eigenvalue weighted by Gasteiger charge is -2.37. The van der Waals surface area contributed by atoms with Crippen LogP contribution in [0.4, 0.5) is 0 Å². The molecule has 0 saturated carbocycles. The molecule has 1 saturated heterocycles. The number of aliphatic imine (C=N–C) groups is 1. The van der Waals surface area contributed by atoms with Crippen molar-refractivity contribution < 1.29 is 4.74 Å². The summed E-state index contributed by atoms with van der Waals surface area (Å²) in [5.74, 6) is 0.855. The number of hydrogen-bond donors (Lipinski definition) is 2. The Bertz CT molecular complexity index is 296. The van der Waals surface area contributed by atoms with Gasteiger partial charge >= 0.3 is 0 Å². The van der Waals surface area contributed by atoms with Crippen LogP contribution in [0.1, 0.15) is 20.8 Å². The second kappa shape index (κ2) is 13.3. The highest BCUT2D eigenvalue weighted by Crippen LogP contribution is 2.05. The molecule has 1 fully saturated rings. The van der Waals surface area contributed by atoms with E-state index in [0.717, 1.165) is 45.3 Å². The van der Waals surface area contributed by atoms with Crippen molar-refractivity contribution in [1.82, 2.24) is 20.4 Å². The Balaban J connectivity index is 0.00000441. The molecule has 0 amide bonds. The predicted octanol–water partition coefficient (Wildman–Crippen LogP) is 0.832. The van der Waals surface area contributed by atoms with E-state index >= 15 is 0 Å². The third-order valence-electron chi connectivity index (χ3n) is 4.01. The van der Waals surface area contributed by atoms with E-state index in [4.69, 9.17) is 4.74 Å². The van der Waals surface area contributed by atoms with Crippen LogP contribution in [-0.4, -0.2) is 87.9 Å². The van der Waals surface area contributed by atoms with Crippen LogP contribution < -0.4 is 10.6 Å². The van der Waals surface area contributed by atoms with Gasteiger partial charge in [0.15, 0.2) is 5.96 Å². The Hall–Kier alpha value is -0.120. The SMILES string of the molecule is CCOCCNC(=NC)NCC(C)N1CCN(CC)CC1.I. The van der Waals surface area contributed by atoms with Crippen LogP contribution in [0.2, 0.25) is 0 Å². The van der Waals surface area contributed by atoms with Gasteiger partial charge in [-0.1, -0.05) is 6.92 Å². The lowest BCUT2D eigenvalue weighted by molar-refractivity contribution is 0.107. The molecule has 0 bridgehead atoms. The van der Waals surface area contributed by atoms with Gasteiger partial charge in [0.2, 0.25) is 0 Å². The first-order valence-corrected chi connectivity index (χ1v) is 8.19. The third kappa shape index (κ3) is 8.50. The topological polar surface area (TPSA) is 52.1 Å². The molecule has 1 heterocycles. The van der Waals surface area contributed by atoms with Gasteiger partial charge in [0.25, 0.3) is 0 Å². The molecule has 0 aromatic heterocycles. The van der Waals surface area contributed by atoms with Gasteiger partial charge in [-0.25, -0.2) is 0 Å². The van der Waals surface area contributed by atoms with Crippen LogP contribution >= 0.6 is 24.0 Å². The van der Waals surface area contributed by atoms with Gasteiger partial charge in [0, 0.05) is 59.0 Å². The number of nitrogens with zero attached hydrogens (tertiary/aromatic N) is 3. The molecule has 0 aromatic carbocycles. The molecule has 1 aliphatic rings. The number of rotatable bonds is 8. The maximum absolute atomic E-state index is 5.31. The van der Waals surface area contributed by atoms with E-state index in [1.807, 2.05) is 6.92 Å². The van der Waals surface area contributed by atoms with Crippen LogP contribution in [0.25, 0.3) is 0 Å². The summed E-state index contributed by atoms with van der Waals surface area (Å²) in [4.78, 5) is 9.29. The zero-order valence-corrected chi connectivity index (χ0v) is 16.9. The van der Waals surface area contributed by atoms with Gasteiger partial charge in [0.05, 0.1) is 6.61 Å². The summed E-state index contributed by atoms with van der Waals surface area (Å²) < 4.78 is 5.31. The number of piperazine rings is 1. The Kier molecular flexibility index (Phi) is 13.3. The van der Waals surface area contributed by atoms with Crippen LogP contribution in [0.5, 0.6) is 0 Å². The summed E-state index contributed by atoms with van der Waals surface area (Å²) >= 11 is 0. The quantitative estimate of drug-likeness (QED) is 0.260. The zero-order chi connectivity index (χ0) is 15.5. The highest BCUT2D eigenvalue weighted by Gasteiger charge is 2.19. The van der Waals surface area contributed by atoms with Gasteiger partial charge in [-0.05, 0) is 20.4 Å². The van der Waals surface area contributed by atoms with E-state index in [9.17, 15) is 0 Å². The van der Waals surface area contributed by atoms with Gasteiger partial charge < -0.3 is 20.3 Å². The molecule has 2 N–H and O–H groups in total. The van der Waals surface area contributed by atoms with E-state index in [1.54, 1.807) is 7.05 Å². The molecule has 1 unspecified atom stereocenters. The first-order chi connectivity index (χ1) is 10.2. The van der Waals surface area contributed by atoms with Crippen LogP contribution in [0, 0.1) is 0 Å². The molecule has 0 aliphatic carbocycles. The molecule has 1 atom stereocenters. The fraction of sp³-hybridized carbons (Fsp3) is 0.933. The Morgan fingerprint density at radius 1 is 1.18 bits per heavy atom. The number of guanidine groups is 1. The van der Waals surface area contributed by atoms with Crippen molar-refractivity contribution in [1.29, 1.82) is 0 Å². The largest absolute Gasteiger partial charge is 0.380 e. The van der Waals surface area contributed by atoms with Gasteiger partial charge in [-0.3, -0.25) is 9.89 Å². The standard InChI is InChI=1S/C15H33N5O.HI/c1-5-19-8-10-20(11-9-19)14(3)13-18-15(16-4)17-7-12-21-6-2;/h14H,5-13H2,1-4H3,(H2,16,17,18);1H. The van der Waals surface area contributed by atoms with Crippen molar-refractivity contribution in [3.05, 3.63) is 0 Å². The summed E-state index contributed by atoms with van der Waals surface area (Å²) in [6.07, 6.45) is 0. The van der Waals surface area contributed by atoms with Crippen molar-refractivity contribution >= 4 is 29.9 Å². The third-order valence-corrected chi connectivity index (χ3v) is 4.01. The molecule has 0 spiro atoms. The fourth-order valence-electron chi connectivity index (χ4n) is 2.50. The van der Waals surface area contributed by atoms with Crippen molar-refractivity contribution in [3.8, 4) is 0 Å². The maximum Gasteiger partial charge on any atom is 0.191 e. The molecule has 1 rings (SSSR count). The van der Waals surface area contributed by atoms with Crippen molar-refractivity contribution in [2.45, 2.75) is 26.8 Å². The normalized spacial score (nSPS) is 18.6. The minimum Gasteiger partial charge on any atom is -0.380 e. The zero-order valence-electron chi connectivity index (χ0n) is 14.6. The van der Waals surface area contributed by atoms with Gasteiger partial charge in [-0.2, -0.15) is 0 Å². The molecule has 6 nitrogen and oxygen atoms in total. The highest BCUT2D eigenvalue weighted by atomic mass is 127. The number of nitrogens with one attached hydrogen (secondary N) is 2. The molecule has 132 valence electrons. The average molecular weight is 427 g/mol. The summed E-state index contributed by atoms with van der Waals surface area (Å²) in [6.45, 7) is 15.5. The number of halogens is 1. The molecule has 0 aromatic rings. The second-order valence-corrected chi connectivity index (χ2v) is 5.40. The van der Waals surface area contributed by atoms with E-state index in [-0.39, 0.29) is 24.0 Å². The predicted molar refractivity (Wildman–Crippen MR) is 104 cm³/mol. The molecule has 7 heteroatoms. The highest BCUT2D eigenvalue weighted by molar-refractivity contribution is 14.0. The van der Waals surface area contributed by atoms with E-state index in [1.165, 1.54) is 13.1 Å². The summed E-state index contributed by atoms with van der Waals surface area (Å²) in [6, 6.07) is 0.523. The number of likely N-dealkylation sites (N-methyl/N-ethyl adjacent to an activating group) is 1. The Morgan fingerprint density at radius 3 is 2.41 bits per heavy atom. The second-order valence-electron chi connectivity index (χ2n) is 5.40. The van der Waals surface area contributed by atoms with E-state index in [2.05, 4.69) is 39.3 Å². The van der Waals surface area contributed by atoms with Crippen LogP contribution in [0.3, 0.4) is 0 Å². The molecular weight excluding hydrogens is 393 g/mol. The molecule has 22 heavy (non-hydrogen) atoms. The molecule has 0 radical (unpaired) electrons. The minimum atomic E-state index is 0. The minimum absolute atomic E-state index is 0. The molecular formula is C15H34IN5O. The summed E-state index contributed by atoms with van der Waals surface area (Å²) in [5, 5.41) is 6.66. The van der Waals surface area contributed by atoms with Crippen molar-refractivity contribution in [2.24, 2.45) is 4.99 Å². The fourth-order valence-corrected chi connectivity index (χ4v) is 2.50. The molecule has 1 aliphatic heterocycles. The lowest BCUT2D eigenvalue weighted by Crippen LogP contribution is -2.53. The first-order valence-electron chi connectivity index (χ1n) is 8.19. The summed E-state index contributed by atoms with van der Waals surface area (Å²) in [7, 11) is 1.81. The lowest BCUT2D eigenvalue weighted by atomic mass is 10.2. The number of ether oxygens (including phenoxy) is 1. The Morgan fingerprint density at radius 2 is 1.86 bits per heavy atom. The van der Waals surface area contributed by atoms with Crippen molar-refractivity contribution in [3.63, 3.8) is 0 Å². The van der Waals surface area contributed by atoms with E-state index < -0.39 is 0 Å². The number of hydrogen-bond acceptors (Lipinski definition) is 4. The van der Waals surface area contributed by atoms with Gasteiger partial charge in [0.1, 0.15) is 0 Å².